The minimum atomic E-state index is -0.438. The summed E-state index contributed by atoms with van der Waals surface area (Å²) in [6.07, 6.45) is 1.73. The topological polar surface area (TPSA) is 85.7 Å². The fourth-order valence-corrected chi connectivity index (χ4v) is 1.86. The van der Waals surface area contributed by atoms with Crippen molar-refractivity contribution in [1.82, 2.24) is 4.98 Å². The van der Waals surface area contributed by atoms with E-state index >= 15 is 0 Å². The Hall–Kier alpha value is -1.22. The number of esters is 2. The van der Waals surface area contributed by atoms with Crippen LogP contribution in [0, 0.1) is 3.57 Å². The fourth-order valence-electron chi connectivity index (χ4n) is 1.15. The number of carbonyl (C=O) groups is 2. The van der Waals surface area contributed by atoms with E-state index in [-0.39, 0.29) is 31.1 Å². The van der Waals surface area contributed by atoms with E-state index in [0.717, 1.165) is 0 Å². The van der Waals surface area contributed by atoms with Gasteiger partial charge >= 0.3 is 11.9 Å². The van der Waals surface area contributed by atoms with Gasteiger partial charge < -0.3 is 14.6 Å². The summed E-state index contributed by atoms with van der Waals surface area (Å²) in [6.45, 7) is 3.00. The zero-order chi connectivity index (χ0) is 14.4. The lowest BCUT2D eigenvalue weighted by Gasteiger charge is -2.12. The van der Waals surface area contributed by atoms with Gasteiger partial charge in [0.05, 0.1) is 6.61 Å². The van der Waals surface area contributed by atoms with E-state index in [4.69, 9.17) is 9.47 Å². The van der Waals surface area contributed by atoms with Crippen molar-refractivity contribution >= 4 is 34.5 Å². The van der Waals surface area contributed by atoms with E-state index in [1.165, 1.54) is 6.20 Å². The maximum absolute atomic E-state index is 11.4. The molecule has 1 heterocycles. The van der Waals surface area contributed by atoms with E-state index < -0.39 is 11.9 Å². The van der Waals surface area contributed by atoms with E-state index in [0.29, 0.717) is 9.13 Å². The van der Waals surface area contributed by atoms with E-state index in [1.54, 1.807) is 13.8 Å². The molecular weight excluding hydrogens is 365 g/mol. The second-order valence-corrected chi connectivity index (χ2v) is 4.62. The van der Waals surface area contributed by atoms with Crippen LogP contribution in [0.2, 0.25) is 0 Å². The number of halogens is 1. The Morgan fingerprint density at radius 3 is 2.37 bits per heavy atom. The number of hydrogen-bond acceptors (Lipinski definition) is 6. The maximum atomic E-state index is 11.4. The summed E-state index contributed by atoms with van der Waals surface area (Å²) in [7, 11) is 0. The molecule has 0 unspecified atom stereocenters. The lowest BCUT2D eigenvalue weighted by molar-refractivity contribution is -0.134. The van der Waals surface area contributed by atoms with Gasteiger partial charge in [-0.05, 0) is 22.6 Å². The number of aromatic nitrogens is 1. The zero-order valence-corrected chi connectivity index (χ0v) is 12.8. The van der Waals surface area contributed by atoms with Crippen LogP contribution in [-0.4, -0.2) is 22.0 Å². The highest BCUT2D eigenvalue weighted by molar-refractivity contribution is 14.1. The van der Waals surface area contributed by atoms with E-state index in [2.05, 4.69) is 4.98 Å². The van der Waals surface area contributed by atoms with Crippen LogP contribution in [0.15, 0.2) is 6.20 Å². The molecule has 0 saturated carbocycles. The Balaban J connectivity index is 3.13. The molecular formula is C12H14INO5. The van der Waals surface area contributed by atoms with Crippen LogP contribution in [0.5, 0.6) is 11.6 Å². The minimum Gasteiger partial charge on any atom is -0.425 e. The van der Waals surface area contributed by atoms with Crippen LogP contribution < -0.4 is 9.47 Å². The minimum absolute atomic E-state index is 0.0727. The van der Waals surface area contributed by atoms with Gasteiger partial charge in [-0.15, -0.1) is 0 Å². The Labute approximate surface area is 124 Å². The third-order valence-corrected chi connectivity index (χ3v) is 3.14. The molecule has 0 aliphatic heterocycles. The SMILES string of the molecule is CCC(=O)Oc1ncc(CO)c(OC(=O)CC)c1I. The number of ether oxygens (including phenoxy) is 2. The molecule has 1 rings (SSSR count). The largest absolute Gasteiger partial charge is 0.425 e. The van der Waals surface area contributed by atoms with Crippen LogP contribution in [0.4, 0.5) is 0 Å². The van der Waals surface area contributed by atoms with Gasteiger partial charge in [0, 0.05) is 24.6 Å². The molecule has 0 spiro atoms. The van der Waals surface area contributed by atoms with Gasteiger partial charge in [-0.25, -0.2) is 4.98 Å². The second-order valence-electron chi connectivity index (χ2n) is 3.55. The number of aliphatic hydroxyl groups is 1. The van der Waals surface area contributed by atoms with Crippen molar-refractivity contribution in [3.05, 3.63) is 15.3 Å². The number of pyridine rings is 1. The van der Waals surface area contributed by atoms with Gasteiger partial charge in [-0.2, -0.15) is 0 Å². The Morgan fingerprint density at radius 1 is 1.26 bits per heavy atom. The Morgan fingerprint density at radius 2 is 1.84 bits per heavy atom. The highest BCUT2D eigenvalue weighted by Gasteiger charge is 2.18. The number of carbonyl (C=O) groups excluding carboxylic acids is 2. The van der Waals surface area contributed by atoms with Gasteiger partial charge in [0.2, 0.25) is 5.88 Å². The number of aliphatic hydroxyl groups excluding tert-OH is 1. The van der Waals surface area contributed by atoms with Crippen LogP contribution in [0.25, 0.3) is 0 Å². The van der Waals surface area contributed by atoms with E-state index in [9.17, 15) is 14.7 Å². The maximum Gasteiger partial charge on any atom is 0.312 e. The van der Waals surface area contributed by atoms with Gasteiger partial charge in [-0.3, -0.25) is 9.59 Å². The quantitative estimate of drug-likeness (QED) is 0.621. The molecule has 7 heteroatoms. The lowest BCUT2D eigenvalue weighted by Crippen LogP contribution is -2.12. The molecule has 1 N–H and O–H groups in total. The van der Waals surface area contributed by atoms with Crippen molar-refractivity contribution in [2.75, 3.05) is 0 Å². The van der Waals surface area contributed by atoms with Gasteiger partial charge in [0.15, 0.2) is 5.75 Å². The third kappa shape index (κ3) is 4.13. The average molecular weight is 379 g/mol. The highest BCUT2D eigenvalue weighted by Crippen LogP contribution is 2.32. The molecule has 6 nitrogen and oxygen atoms in total. The molecule has 0 saturated heterocycles. The van der Waals surface area contributed by atoms with E-state index in [1.807, 2.05) is 22.6 Å². The average Bonchev–Trinajstić information content (AvgIpc) is 2.42. The lowest BCUT2D eigenvalue weighted by atomic mass is 10.2. The molecule has 1 aromatic heterocycles. The van der Waals surface area contributed by atoms with Crippen LogP contribution in [0.1, 0.15) is 32.3 Å². The van der Waals surface area contributed by atoms with Crippen molar-refractivity contribution in [1.29, 1.82) is 0 Å². The number of rotatable bonds is 5. The first-order valence-corrected chi connectivity index (χ1v) is 6.80. The monoisotopic (exact) mass is 379 g/mol. The summed E-state index contributed by atoms with van der Waals surface area (Å²) in [6, 6.07) is 0. The molecule has 0 atom stereocenters. The van der Waals surface area contributed by atoms with Crippen LogP contribution in [-0.2, 0) is 16.2 Å². The molecule has 104 valence electrons. The summed E-state index contributed by atoms with van der Waals surface area (Å²) >= 11 is 1.86. The summed E-state index contributed by atoms with van der Waals surface area (Å²) in [5, 5.41) is 9.21. The van der Waals surface area contributed by atoms with Crippen molar-refractivity contribution < 1.29 is 24.2 Å². The molecule has 0 bridgehead atoms. The zero-order valence-electron chi connectivity index (χ0n) is 10.6. The number of nitrogens with zero attached hydrogens (tertiary/aromatic N) is 1. The van der Waals surface area contributed by atoms with Crippen LogP contribution >= 0.6 is 22.6 Å². The molecule has 0 amide bonds. The molecule has 1 aromatic rings. The fraction of sp³-hybridized carbons (Fsp3) is 0.417. The predicted octanol–water partition coefficient (Wildman–Crippen LogP) is 1.81. The summed E-state index contributed by atoms with van der Waals surface area (Å²) in [5.74, 6) is -0.617. The predicted molar refractivity (Wildman–Crippen MR) is 74.7 cm³/mol. The third-order valence-electron chi connectivity index (χ3n) is 2.19. The Kier molecular flexibility index (Phi) is 6.16. The van der Waals surface area contributed by atoms with Crippen molar-refractivity contribution in [2.24, 2.45) is 0 Å². The second kappa shape index (κ2) is 7.39. The number of hydrogen-bond donors (Lipinski definition) is 1. The van der Waals surface area contributed by atoms with Crippen LogP contribution in [0.3, 0.4) is 0 Å². The highest BCUT2D eigenvalue weighted by atomic mass is 127. The molecule has 0 fully saturated rings. The van der Waals surface area contributed by atoms with Gasteiger partial charge in [0.1, 0.15) is 3.57 Å². The standard InChI is InChI=1S/C12H14INO5/c1-3-8(16)18-11-7(6-15)5-14-12(10(11)13)19-9(17)4-2/h5,15H,3-4,6H2,1-2H3. The summed E-state index contributed by atoms with van der Waals surface area (Å²) < 4.78 is 10.5. The molecule has 19 heavy (non-hydrogen) atoms. The van der Waals surface area contributed by atoms with Crippen molar-refractivity contribution in [2.45, 2.75) is 33.3 Å². The first kappa shape index (κ1) is 15.8. The normalized spacial score (nSPS) is 10.1. The van der Waals surface area contributed by atoms with Crippen molar-refractivity contribution in [3.63, 3.8) is 0 Å². The van der Waals surface area contributed by atoms with Gasteiger partial charge in [-0.1, -0.05) is 13.8 Å². The smallest absolute Gasteiger partial charge is 0.312 e. The Bertz CT molecular complexity index is 489. The molecule has 0 radical (unpaired) electrons. The summed E-state index contributed by atoms with van der Waals surface area (Å²) in [4.78, 5) is 26.5. The molecule has 0 aliphatic rings. The van der Waals surface area contributed by atoms with Crippen molar-refractivity contribution in [3.8, 4) is 11.6 Å². The molecule has 0 aliphatic carbocycles. The summed E-state index contributed by atoms with van der Waals surface area (Å²) in [5.41, 5.74) is 0.363. The van der Waals surface area contributed by atoms with Gasteiger partial charge in [0.25, 0.3) is 0 Å². The molecule has 0 aromatic carbocycles. The first-order valence-electron chi connectivity index (χ1n) is 5.73. The first-order chi connectivity index (χ1) is 9.03.